The van der Waals surface area contributed by atoms with Crippen LogP contribution in [-0.2, 0) is 0 Å². The lowest BCUT2D eigenvalue weighted by Crippen LogP contribution is -2.10. The van der Waals surface area contributed by atoms with Crippen LogP contribution in [0.1, 0.15) is 0 Å². The van der Waals surface area contributed by atoms with Gasteiger partial charge in [0.25, 0.3) is 0 Å². The first-order valence-electron chi connectivity index (χ1n) is 17.1. The van der Waals surface area contributed by atoms with Crippen molar-refractivity contribution in [1.29, 1.82) is 0 Å². The summed E-state index contributed by atoms with van der Waals surface area (Å²) in [5, 5.41) is 2.51. The van der Waals surface area contributed by atoms with E-state index in [4.69, 9.17) is 0 Å². The Hall–Kier alpha value is -6.64. The van der Waals surface area contributed by atoms with Gasteiger partial charge in [-0.15, -0.1) is 0 Å². The average Bonchev–Trinajstić information content (AvgIpc) is 3.54. The number of benzene rings is 8. The molecule has 236 valence electrons. The lowest BCUT2D eigenvalue weighted by molar-refractivity contribution is 1.18. The summed E-state index contributed by atoms with van der Waals surface area (Å²) < 4.78 is 2.38. The maximum atomic E-state index is 2.38. The summed E-state index contributed by atoms with van der Waals surface area (Å²) in [6.07, 6.45) is 0. The number of fused-ring (bicyclic) bond motifs is 3. The molecule has 0 aliphatic rings. The zero-order chi connectivity index (χ0) is 33.3. The van der Waals surface area contributed by atoms with E-state index in [1.807, 2.05) is 0 Å². The van der Waals surface area contributed by atoms with Gasteiger partial charge in [0, 0.05) is 33.5 Å². The maximum absolute atomic E-state index is 2.38. The van der Waals surface area contributed by atoms with Gasteiger partial charge in [0.05, 0.1) is 11.0 Å². The predicted octanol–water partition coefficient (Wildman–Crippen LogP) is 13.3. The molecular weight excluding hydrogens is 605 g/mol. The maximum Gasteiger partial charge on any atom is 0.0547 e. The first kappa shape index (κ1) is 29.5. The van der Waals surface area contributed by atoms with Crippen molar-refractivity contribution in [2.45, 2.75) is 0 Å². The Labute approximate surface area is 292 Å². The van der Waals surface area contributed by atoms with Gasteiger partial charge in [-0.2, -0.15) is 0 Å². The summed E-state index contributed by atoms with van der Waals surface area (Å²) in [7, 11) is 0. The number of hydrogen-bond acceptors (Lipinski definition) is 1. The van der Waals surface area contributed by atoms with Crippen molar-refractivity contribution in [3.63, 3.8) is 0 Å². The average molecular weight is 639 g/mol. The number of nitrogens with zero attached hydrogens (tertiary/aromatic N) is 2. The predicted molar refractivity (Wildman–Crippen MR) is 212 cm³/mol. The highest BCUT2D eigenvalue weighted by Crippen LogP contribution is 2.42. The minimum atomic E-state index is 1.10. The van der Waals surface area contributed by atoms with Crippen molar-refractivity contribution in [3.05, 3.63) is 206 Å². The topological polar surface area (TPSA) is 8.17 Å². The van der Waals surface area contributed by atoms with E-state index >= 15 is 0 Å². The number of aromatic nitrogens is 1. The van der Waals surface area contributed by atoms with Crippen molar-refractivity contribution < 1.29 is 0 Å². The molecule has 0 unspecified atom stereocenters. The van der Waals surface area contributed by atoms with Crippen LogP contribution in [0.4, 0.5) is 17.1 Å². The zero-order valence-electron chi connectivity index (χ0n) is 27.5. The second-order valence-electron chi connectivity index (χ2n) is 12.6. The summed E-state index contributed by atoms with van der Waals surface area (Å²) in [6.45, 7) is 0. The lowest BCUT2D eigenvalue weighted by atomic mass is 9.98. The van der Waals surface area contributed by atoms with Gasteiger partial charge in [-0.25, -0.2) is 0 Å². The number of para-hydroxylation sites is 2. The number of hydrogen-bond donors (Lipinski definition) is 0. The van der Waals surface area contributed by atoms with E-state index in [0.29, 0.717) is 0 Å². The highest BCUT2D eigenvalue weighted by Gasteiger charge is 2.18. The molecule has 0 spiro atoms. The minimum absolute atomic E-state index is 1.10. The monoisotopic (exact) mass is 638 g/mol. The largest absolute Gasteiger partial charge is 0.310 e. The van der Waals surface area contributed by atoms with Gasteiger partial charge in [-0.05, 0) is 94.0 Å². The molecule has 0 saturated carbocycles. The van der Waals surface area contributed by atoms with Crippen LogP contribution in [0.5, 0.6) is 0 Å². The fourth-order valence-corrected chi connectivity index (χ4v) is 7.24. The normalized spacial score (nSPS) is 11.2. The third-order valence-electron chi connectivity index (χ3n) is 9.59. The fraction of sp³-hybridized carbons (Fsp3) is 0. The van der Waals surface area contributed by atoms with E-state index in [0.717, 1.165) is 22.7 Å². The molecule has 0 radical (unpaired) electrons. The molecule has 0 fully saturated rings. The molecule has 9 aromatic rings. The molecule has 0 N–H and O–H groups in total. The summed E-state index contributed by atoms with van der Waals surface area (Å²) in [5.41, 5.74) is 14.1. The molecule has 0 atom stereocenters. The Kier molecular flexibility index (Phi) is 7.53. The van der Waals surface area contributed by atoms with Crippen LogP contribution in [0.15, 0.2) is 206 Å². The second-order valence-corrected chi connectivity index (χ2v) is 12.6. The van der Waals surface area contributed by atoms with E-state index < -0.39 is 0 Å². The molecule has 2 heteroatoms. The van der Waals surface area contributed by atoms with E-state index in [1.165, 1.54) is 55.2 Å². The van der Waals surface area contributed by atoms with Gasteiger partial charge in [0.2, 0.25) is 0 Å². The highest BCUT2D eigenvalue weighted by molar-refractivity contribution is 6.15. The Morgan fingerprint density at radius 1 is 0.320 bits per heavy atom. The molecule has 8 aromatic carbocycles. The molecule has 0 saturated heterocycles. The lowest BCUT2D eigenvalue weighted by Gasteiger charge is -2.26. The van der Waals surface area contributed by atoms with Crippen molar-refractivity contribution >= 4 is 38.9 Å². The van der Waals surface area contributed by atoms with Crippen molar-refractivity contribution in [3.8, 4) is 39.1 Å². The quantitative estimate of drug-likeness (QED) is 0.169. The third-order valence-corrected chi connectivity index (χ3v) is 9.59. The Balaban J connectivity index is 1.19. The SMILES string of the molecule is c1ccc(-c2ccc(N(c3ccc(-c4ccccc4)cc3)c3cccc(-c4cccc5c4c4ccccc4n5-c4ccccc4)c3)cc2)cc1. The highest BCUT2D eigenvalue weighted by atomic mass is 15.1. The Bertz CT molecular complexity index is 2470. The van der Waals surface area contributed by atoms with Gasteiger partial charge in [-0.1, -0.05) is 146 Å². The van der Waals surface area contributed by atoms with Crippen LogP contribution in [0.25, 0.3) is 60.9 Å². The first-order chi connectivity index (χ1) is 24.8. The molecule has 0 aliphatic carbocycles. The van der Waals surface area contributed by atoms with E-state index in [2.05, 4.69) is 216 Å². The molecular formula is C48H34N2. The molecule has 2 nitrogen and oxygen atoms in total. The molecule has 0 bridgehead atoms. The van der Waals surface area contributed by atoms with E-state index in [9.17, 15) is 0 Å². The van der Waals surface area contributed by atoms with Crippen LogP contribution in [0.3, 0.4) is 0 Å². The van der Waals surface area contributed by atoms with Crippen molar-refractivity contribution in [2.75, 3.05) is 4.90 Å². The second kappa shape index (κ2) is 12.8. The van der Waals surface area contributed by atoms with Gasteiger partial charge < -0.3 is 9.47 Å². The van der Waals surface area contributed by atoms with E-state index in [1.54, 1.807) is 0 Å². The molecule has 0 aliphatic heterocycles. The van der Waals surface area contributed by atoms with Gasteiger partial charge in [0.15, 0.2) is 0 Å². The van der Waals surface area contributed by atoms with Crippen LogP contribution in [0, 0.1) is 0 Å². The number of rotatable bonds is 7. The summed E-state index contributed by atoms with van der Waals surface area (Å²) in [4.78, 5) is 2.36. The smallest absolute Gasteiger partial charge is 0.0547 e. The minimum Gasteiger partial charge on any atom is -0.310 e. The van der Waals surface area contributed by atoms with Gasteiger partial charge >= 0.3 is 0 Å². The van der Waals surface area contributed by atoms with Crippen LogP contribution >= 0.6 is 0 Å². The number of anilines is 3. The summed E-state index contributed by atoms with van der Waals surface area (Å²) in [6, 6.07) is 74.0. The molecule has 1 aromatic heterocycles. The standard InChI is InChI=1S/C48H34N2/c1-4-14-35(15-5-1)37-26-30-41(31-27-37)49(42-32-28-38(29-33-42)36-16-6-2-7-17-36)43-21-12-18-39(34-43)44-23-13-25-47-48(44)45-22-10-11-24-46(45)50(47)40-19-8-3-9-20-40/h1-34H. The van der Waals surface area contributed by atoms with Crippen LogP contribution in [0.2, 0.25) is 0 Å². The van der Waals surface area contributed by atoms with Gasteiger partial charge in [-0.3, -0.25) is 0 Å². The Morgan fingerprint density at radius 2 is 0.800 bits per heavy atom. The fourth-order valence-electron chi connectivity index (χ4n) is 7.24. The molecule has 0 amide bonds. The first-order valence-corrected chi connectivity index (χ1v) is 17.1. The van der Waals surface area contributed by atoms with Crippen LogP contribution in [-0.4, -0.2) is 4.57 Å². The van der Waals surface area contributed by atoms with Gasteiger partial charge in [0.1, 0.15) is 0 Å². The van der Waals surface area contributed by atoms with Crippen molar-refractivity contribution in [2.24, 2.45) is 0 Å². The third kappa shape index (κ3) is 5.34. The van der Waals surface area contributed by atoms with E-state index in [-0.39, 0.29) is 0 Å². The van der Waals surface area contributed by atoms with Crippen LogP contribution < -0.4 is 4.90 Å². The Morgan fingerprint density at radius 3 is 1.42 bits per heavy atom. The molecule has 1 heterocycles. The summed E-state index contributed by atoms with van der Waals surface area (Å²) in [5.74, 6) is 0. The molecule has 9 rings (SSSR count). The summed E-state index contributed by atoms with van der Waals surface area (Å²) >= 11 is 0. The van der Waals surface area contributed by atoms with Crippen molar-refractivity contribution in [1.82, 2.24) is 4.57 Å². The zero-order valence-corrected chi connectivity index (χ0v) is 27.5. The molecule has 50 heavy (non-hydrogen) atoms.